The molecule has 1 saturated heterocycles. The van der Waals surface area contributed by atoms with Gasteiger partial charge < -0.3 is 5.32 Å². The summed E-state index contributed by atoms with van der Waals surface area (Å²) >= 11 is 0. The molecular weight excluding hydrogens is 555 g/mol. The largest absolute Gasteiger partial charge is 0.313 e. The van der Waals surface area contributed by atoms with Gasteiger partial charge in [0.05, 0.1) is 0 Å². The molecule has 0 spiro atoms. The van der Waals surface area contributed by atoms with E-state index in [2.05, 4.69) is 163 Å². The van der Waals surface area contributed by atoms with Gasteiger partial charge in [-0.05, 0) is 104 Å². The monoisotopic (exact) mass is 593 g/mol. The lowest BCUT2D eigenvalue weighted by molar-refractivity contribution is 0.540. The van der Waals surface area contributed by atoms with E-state index in [-0.39, 0.29) is 0 Å². The van der Waals surface area contributed by atoms with Crippen LogP contribution in [0.15, 0.2) is 152 Å². The fraction of sp³-hybridized carbons (Fsp3) is 0.156. The second kappa shape index (κ2) is 12.8. The minimum Gasteiger partial charge on any atom is -0.313 e. The molecule has 8 rings (SSSR count). The van der Waals surface area contributed by atoms with E-state index >= 15 is 0 Å². The maximum Gasteiger partial charge on any atom is 0.0243 e. The average molecular weight is 594 g/mol. The Balaban J connectivity index is 1.19. The zero-order valence-electron chi connectivity index (χ0n) is 26.2. The number of hydrogen-bond donors (Lipinski definition) is 1. The first kappa shape index (κ1) is 28.5. The Kier molecular flexibility index (Phi) is 7.92. The molecule has 0 saturated carbocycles. The van der Waals surface area contributed by atoms with E-state index in [4.69, 9.17) is 0 Å². The Morgan fingerprint density at radius 1 is 0.609 bits per heavy atom. The molecule has 2 aliphatic rings. The van der Waals surface area contributed by atoms with Crippen molar-refractivity contribution in [2.24, 2.45) is 0 Å². The van der Waals surface area contributed by atoms with Gasteiger partial charge in [-0.15, -0.1) is 0 Å². The molecule has 1 aliphatic carbocycles. The summed E-state index contributed by atoms with van der Waals surface area (Å²) in [5.41, 5.74) is 8.04. The third-order valence-electron chi connectivity index (χ3n) is 9.91. The molecule has 1 nitrogen and oxygen atoms in total. The highest BCUT2D eigenvalue weighted by molar-refractivity contribution is 6.12. The van der Waals surface area contributed by atoms with Crippen LogP contribution in [0.1, 0.15) is 48.3 Å². The van der Waals surface area contributed by atoms with Gasteiger partial charge in [0, 0.05) is 12.0 Å². The van der Waals surface area contributed by atoms with Crippen LogP contribution in [0.3, 0.4) is 0 Å². The van der Waals surface area contributed by atoms with Crippen LogP contribution in [0.5, 0.6) is 0 Å². The van der Waals surface area contributed by atoms with Crippen molar-refractivity contribution < 1.29 is 0 Å². The average Bonchev–Trinajstić information content (AvgIpc) is 3.64. The summed E-state index contributed by atoms with van der Waals surface area (Å²) in [5, 5.41) is 11.7. The van der Waals surface area contributed by atoms with Gasteiger partial charge in [-0.1, -0.05) is 152 Å². The molecular formula is C45H39N. The number of allylic oxidation sites excluding steroid dienone is 4. The molecule has 224 valence electrons. The Labute approximate surface area is 271 Å². The van der Waals surface area contributed by atoms with Crippen molar-refractivity contribution in [2.45, 2.75) is 37.6 Å². The lowest BCUT2D eigenvalue weighted by atomic mass is 9.82. The minimum atomic E-state index is 0.301. The maximum atomic E-state index is 3.84. The highest BCUT2D eigenvalue weighted by Crippen LogP contribution is 2.38. The fourth-order valence-corrected chi connectivity index (χ4v) is 7.68. The van der Waals surface area contributed by atoms with Gasteiger partial charge >= 0.3 is 0 Å². The minimum absolute atomic E-state index is 0.301. The number of nitrogens with one attached hydrogen (secondary N) is 1. The Bertz CT molecular complexity index is 2140. The van der Waals surface area contributed by atoms with Crippen molar-refractivity contribution in [1.29, 1.82) is 0 Å². The Hall–Kier alpha value is -4.98. The molecule has 1 fully saturated rings. The second-order valence-electron chi connectivity index (χ2n) is 12.7. The molecule has 2 unspecified atom stereocenters. The molecule has 1 heterocycles. The molecule has 0 radical (unpaired) electrons. The smallest absolute Gasteiger partial charge is 0.0243 e. The topological polar surface area (TPSA) is 12.0 Å². The first-order valence-corrected chi connectivity index (χ1v) is 16.8. The first-order valence-electron chi connectivity index (χ1n) is 16.8. The summed E-state index contributed by atoms with van der Waals surface area (Å²) in [4.78, 5) is 0. The molecule has 6 aromatic rings. The van der Waals surface area contributed by atoms with E-state index in [1.54, 1.807) is 0 Å². The number of hydrogen-bond acceptors (Lipinski definition) is 1. The Morgan fingerprint density at radius 2 is 1.24 bits per heavy atom. The third kappa shape index (κ3) is 5.53. The van der Waals surface area contributed by atoms with Gasteiger partial charge in [-0.3, -0.25) is 0 Å². The van der Waals surface area contributed by atoms with E-state index in [9.17, 15) is 0 Å². The van der Waals surface area contributed by atoms with Crippen LogP contribution < -0.4 is 15.8 Å². The highest BCUT2D eigenvalue weighted by Gasteiger charge is 2.27. The van der Waals surface area contributed by atoms with Gasteiger partial charge in [-0.2, -0.15) is 0 Å². The van der Waals surface area contributed by atoms with Crippen molar-refractivity contribution in [3.8, 4) is 11.1 Å². The molecule has 0 amide bonds. The standard InChI is InChI=1S/C45H39N/c1-2-4-13-32-14-6-9-18-39(32)40(17-5-3-1)33-22-24-34(25-23-33)44(43-21-12-30-46-43)35-26-28-36(29-27-35)45-41-19-10-7-15-37(41)31-38-16-8-11-20-42(38)45/h1-3,5-11,13-16,18-20,22-29,31,43-44,46H,4,12,17,21,30H2/b2-1-,5-3-,32-13-,40-39+. The lowest BCUT2D eigenvalue weighted by Crippen LogP contribution is -2.29. The molecule has 6 aromatic carbocycles. The van der Waals surface area contributed by atoms with E-state index in [1.165, 1.54) is 78.2 Å². The van der Waals surface area contributed by atoms with Crippen LogP contribution >= 0.6 is 0 Å². The quantitative estimate of drug-likeness (QED) is 0.196. The summed E-state index contributed by atoms with van der Waals surface area (Å²) in [7, 11) is 0. The predicted octanol–water partition coefficient (Wildman–Crippen LogP) is 9.43. The van der Waals surface area contributed by atoms with Crippen molar-refractivity contribution in [3.63, 3.8) is 0 Å². The van der Waals surface area contributed by atoms with E-state index in [1.807, 2.05) is 0 Å². The molecule has 2 atom stereocenters. The lowest BCUT2D eigenvalue weighted by Gasteiger charge is -2.26. The molecule has 1 aliphatic heterocycles. The molecule has 1 heteroatoms. The molecule has 46 heavy (non-hydrogen) atoms. The first-order chi connectivity index (χ1) is 22.8. The van der Waals surface area contributed by atoms with Crippen LogP contribution in [-0.2, 0) is 0 Å². The second-order valence-corrected chi connectivity index (χ2v) is 12.7. The zero-order chi connectivity index (χ0) is 30.7. The van der Waals surface area contributed by atoms with Crippen molar-refractivity contribution in [3.05, 3.63) is 179 Å². The number of fused-ring (bicyclic) bond motifs is 3. The number of benzene rings is 6. The van der Waals surface area contributed by atoms with E-state index in [0.717, 1.165) is 19.4 Å². The summed E-state index contributed by atoms with van der Waals surface area (Å²) in [6, 6.07) is 48.1. The highest BCUT2D eigenvalue weighted by atomic mass is 14.9. The predicted molar refractivity (Wildman–Crippen MR) is 196 cm³/mol. The SMILES string of the molecule is C1=C\C/C=c2/cccc/c2=C(\c2ccc(C(c3ccc(-c4c5ccccc5cc5ccccc45)cc3)C3CCCN3)cc2)C\C=C/1. The Morgan fingerprint density at radius 3 is 1.93 bits per heavy atom. The molecule has 0 bridgehead atoms. The molecule has 0 aromatic heterocycles. The number of rotatable bonds is 5. The van der Waals surface area contributed by atoms with Crippen molar-refractivity contribution in [1.82, 2.24) is 5.32 Å². The fourth-order valence-electron chi connectivity index (χ4n) is 7.68. The molecule has 1 N–H and O–H groups in total. The van der Waals surface area contributed by atoms with E-state index in [0.29, 0.717) is 12.0 Å². The summed E-state index contributed by atoms with van der Waals surface area (Å²) in [6.07, 6.45) is 15.5. The maximum absolute atomic E-state index is 3.84. The van der Waals surface area contributed by atoms with E-state index < -0.39 is 0 Å². The van der Waals surface area contributed by atoms with Gasteiger partial charge in [0.2, 0.25) is 0 Å². The van der Waals surface area contributed by atoms with Crippen LogP contribution in [0.4, 0.5) is 0 Å². The van der Waals surface area contributed by atoms with Crippen molar-refractivity contribution >= 4 is 33.2 Å². The summed E-state index contributed by atoms with van der Waals surface area (Å²) in [5.74, 6) is 0.301. The van der Waals surface area contributed by atoms with Gasteiger partial charge in [0.1, 0.15) is 0 Å². The van der Waals surface area contributed by atoms with Crippen LogP contribution in [-0.4, -0.2) is 12.6 Å². The summed E-state index contributed by atoms with van der Waals surface area (Å²) in [6.45, 7) is 1.09. The summed E-state index contributed by atoms with van der Waals surface area (Å²) < 4.78 is 0. The normalized spacial score (nSPS) is 20.4. The van der Waals surface area contributed by atoms with Crippen LogP contribution in [0.2, 0.25) is 0 Å². The van der Waals surface area contributed by atoms with Gasteiger partial charge in [0.15, 0.2) is 0 Å². The third-order valence-corrected chi connectivity index (χ3v) is 9.91. The van der Waals surface area contributed by atoms with Gasteiger partial charge in [0.25, 0.3) is 0 Å². The van der Waals surface area contributed by atoms with Crippen LogP contribution in [0, 0.1) is 0 Å². The van der Waals surface area contributed by atoms with Crippen LogP contribution in [0.25, 0.3) is 44.3 Å². The zero-order valence-corrected chi connectivity index (χ0v) is 26.2. The van der Waals surface area contributed by atoms with Gasteiger partial charge in [-0.25, -0.2) is 0 Å². The van der Waals surface area contributed by atoms with Crippen molar-refractivity contribution in [2.75, 3.05) is 6.54 Å².